The van der Waals surface area contributed by atoms with Crippen molar-refractivity contribution in [3.05, 3.63) is 48.4 Å². The lowest BCUT2D eigenvalue weighted by Crippen LogP contribution is -2.43. The minimum Gasteiger partial charge on any atom is -0.338 e. The Morgan fingerprint density at radius 2 is 2.04 bits per heavy atom. The first-order valence-electron chi connectivity index (χ1n) is 7.87. The van der Waals surface area contributed by atoms with Crippen molar-refractivity contribution in [2.24, 2.45) is 0 Å². The van der Waals surface area contributed by atoms with Gasteiger partial charge in [-0.05, 0) is 12.1 Å². The molecule has 1 aliphatic heterocycles. The van der Waals surface area contributed by atoms with Gasteiger partial charge in [-0.25, -0.2) is 4.39 Å². The third-order valence-corrected chi connectivity index (χ3v) is 4.34. The average molecular weight is 342 g/mol. The van der Waals surface area contributed by atoms with Gasteiger partial charge in [0.15, 0.2) is 5.67 Å². The predicted molar refractivity (Wildman–Crippen MR) is 84.0 cm³/mol. The highest BCUT2D eigenvalue weighted by Crippen LogP contribution is 2.37. The number of aromatic nitrogens is 5. The Labute approximate surface area is 142 Å². The van der Waals surface area contributed by atoms with Gasteiger partial charge >= 0.3 is 0 Å². The van der Waals surface area contributed by atoms with Gasteiger partial charge < -0.3 is 9.42 Å². The molecule has 4 rings (SSSR count). The van der Waals surface area contributed by atoms with Crippen molar-refractivity contribution in [1.29, 1.82) is 0 Å². The number of aromatic amines is 1. The first-order chi connectivity index (χ1) is 12.2. The van der Waals surface area contributed by atoms with Crippen LogP contribution in [0.3, 0.4) is 0 Å². The van der Waals surface area contributed by atoms with E-state index in [9.17, 15) is 4.79 Å². The predicted octanol–water partition coefficient (Wildman–Crippen LogP) is 1.96. The summed E-state index contributed by atoms with van der Waals surface area (Å²) in [6.45, 7) is 0.543. The van der Waals surface area contributed by atoms with Gasteiger partial charge in [-0.3, -0.25) is 14.9 Å². The summed E-state index contributed by atoms with van der Waals surface area (Å²) < 4.78 is 20.4. The quantitative estimate of drug-likeness (QED) is 0.781. The molecule has 0 bridgehead atoms. The molecule has 9 heteroatoms. The van der Waals surface area contributed by atoms with Crippen LogP contribution in [0.15, 0.2) is 41.4 Å². The number of halogens is 1. The van der Waals surface area contributed by atoms with E-state index in [1.54, 1.807) is 29.4 Å². The zero-order chi connectivity index (χ0) is 17.3. The molecule has 0 atom stereocenters. The van der Waals surface area contributed by atoms with Crippen LogP contribution in [-0.2, 0) is 5.67 Å². The highest BCUT2D eigenvalue weighted by Gasteiger charge is 2.42. The number of likely N-dealkylation sites (tertiary alicyclic amines) is 1. The number of piperidine rings is 1. The Bertz CT molecular complexity index is 856. The lowest BCUT2D eigenvalue weighted by molar-refractivity contribution is 0.0249. The van der Waals surface area contributed by atoms with Crippen molar-refractivity contribution in [1.82, 2.24) is 30.2 Å². The minimum atomic E-state index is -1.73. The maximum atomic E-state index is 15.2. The first-order valence-corrected chi connectivity index (χ1v) is 7.87. The van der Waals surface area contributed by atoms with E-state index in [0.717, 1.165) is 0 Å². The zero-order valence-electron chi connectivity index (χ0n) is 13.2. The molecule has 1 amide bonds. The Morgan fingerprint density at radius 3 is 2.72 bits per heavy atom. The molecule has 0 aliphatic carbocycles. The summed E-state index contributed by atoms with van der Waals surface area (Å²) in [7, 11) is 0. The molecule has 1 fully saturated rings. The van der Waals surface area contributed by atoms with Crippen molar-refractivity contribution in [3.8, 4) is 11.4 Å². The summed E-state index contributed by atoms with van der Waals surface area (Å²) in [6.07, 6.45) is 6.41. The SMILES string of the molecule is O=C(c1cn[nH]c1)N1CCC(F)(c2nc(-c3ccncc3)no2)CC1. The number of H-pyrrole nitrogens is 1. The van der Waals surface area contributed by atoms with E-state index in [1.165, 1.54) is 12.4 Å². The molecule has 0 unspecified atom stereocenters. The van der Waals surface area contributed by atoms with Crippen LogP contribution in [0, 0.1) is 0 Å². The maximum absolute atomic E-state index is 15.2. The van der Waals surface area contributed by atoms with Gasteiger partial charge in [0.1, 0.15) is 0 Å². The van der Waals surface area contributed by atoms with Crippen LogP contribution in [0.1, 0.15) is 29.1 Å². The second-order valence-electron chi connectivity index (χ2n) is 5.90. The molecular weight excluding hydrogens is 327 g/mol. The fourth-order valence-corrected chi connectivity index (χ4v) is 2.85. The second-order valence-corrected chi connectivity index (χ2v) is 5.90. The van der Waals surface area contributed by atoms with E-state index >= 15 is 4.39 Å². The fourth-order valence-electron chi connectivity index (χ4n) is 2.85. The van der Waals surface area contributed by atoms with E-state index in [1.807, 2.05) is 0 Å². The van der Waals surface area contributed by atoms with Crippen LogP contribution in [0.25, 0.3) is 11.4 Å². The topological polar surface area (TPSA) is 101 Å². The molecule has 8 nitrogen and oxygen atoms in total. The minimum absolute atomic E-state index is 0.0466. The van der Waals surface area contributed by atoms with Gasteiger partial charge in [0, 0.05) is 50.1 Å². The van der Waals surface area contributed by atoms with Crippen LogP contribution in [0.2, 0.25) is 0 Å². The maximum Gasteiger partial charge on any atom is 0.264 e. The Balaban J connectivity index is 1.47. The summed E-state index contributed by atoms with van der Waals surface area (Å²) >= 11 is 0. The van der Waals surface area contributed by atoms with Crippen molar-refractivity contribution in [2.75, 3.05) is 13.1 Å². The summed E-state index contributed by atoms with van der Waals surface area (Å²) in [6, 6.07) is 3.46. The molecule has 0 spiro atoms. The van der Waals surface area contributed by atoms with E-state index < -0.39 is 5.67 Å². The largest absolute Gasteiger partial charge is 0.338 e. The van der Waals surface area contributed by atoms with Crippen LogP contribution < -0.4 is 0 Å². The summed E-state index contributed by atoms with van der Waals surface area (Å²) in [5.41, 5.74) is -0.559. The second kappa shape index (κ2) is 6.08. The monoisotopic (exact) mass is 342 g/mol. The lowest BCUT2D eigenvalue weighted by atomic mass is 9.93. The van der Waals surface area contributed by atoms with Crippen LogP contribution >= 0.6 is 0 Å². The molecule has 1 N–H and O–H groups in total. The van der Waals surface area contributed by atoms with Crippen LogP contribution in [0.4, 0.5) is 4.39 Å². The fraction of sp³-hybridized carbons (Fsp3) is 0.312. The van der Waals surface area contributed by atoms with E-state index in [-0.39, 0.29) is 37.7 Å². The van der Waals surface area contributed by atoms with Crippen molar-refractivity contribution < 1.29 is 13.7 Å². The molecular formula is C16H15FN6O2. The summed E-state index contributed by atoms with van der Waals surface area (Å²) in [4.78, 5) is 22.0. The number of nitrogens with one attached hydrogen (secondary N) is 1. The molecule has 3 aromatic heterocycles. The Kier molecular flexibility index (Phi) is 3.75. The Morgan fingerprint density at radius 1 is 1.28 bits per heavy atom. The summed E-state index contributed by atoms with van der Waals surface area (Å²) in [5.74, 6) is 0.111. The van der Waals surface area contributed by atoms with E-state index in [0.29, 0.717) is 17.0 Å². The number of alkyl halides is 1. The molecule has 4 heterocycles. The van der Waals surface area contributed by atoms with E-state index in [4.69, 9.17) is 4.52 Å². The average Bonchev–Trinajstić information content (AvgIpc) is 3.35. The number of amides is 1. The highest BCUT2D eigenvalue weighted by atomic mass is 19.1. The number of hydrogen-bond donors (Lipinski definition) is 1. The first kappa shape index (κ1) is 15.4. The number of hydrogen-bond acceptors (Lipinski definition) is 6. The molecule has 128 valence electrons. The van der Waals surface area contributed by atoms with E-state index in [2.05, 4.69) is 25.3 Å². The number of rotatable bonds is 3. The third kappa shape index (κ3) is 2.88. The smallest absolute Gasteiger partial charge is 0.264 e. The summed E-state index contributed by atoms with van der Waals surface area (Å²) in [5, 5.41) is 10.2. The van der Waals surface area contributed by atoms with Gasteiger partial charge in [-0.1, -0.05) is 5.16 Å². The van der Waals surface area contributed by atoms with Crippen LogP contribution in [0.5, 0.6) is 0 Å². The molecule has 25 heavy (non-hydrogen) atoms. The van der Waals surface area contributed by atoms with Crippen molar-refractivity contribution in [3.63, 3.8) is 0 Å². The standard InChI is InChI=1S/C16H15FN6O2/c17-16(15-21-13(22-25-15)11-1-5-18-6-2-11)3-7-23(8-4-16)14(24)12-9-19-20-10-12/h1-2,5-6,9-10H,3-4,7-8H2,(H,19,20). The van der Waals surface area contributed by atoms with Gasteiger partial charge in [0.05, 0.1) is 11.8 Å². The zero-order valence-corrected chi connectivity index (χ0v) is 13.2. The molecule has 0 aromatic carbocycles. The molecule has 0 saturated carbocycles. The normalized spacial score (nSPS) is 16.8. The van der Waals surface area contributed by atoms with Gasteiger partial charge in [-0.2, -0.15) is 10.1 Å². The number of pyridine rings is 1. The molecule has 0 radical (unpaired) electrons. The number of carbonyl (C=O) groups excluding carboxylic acids is 1. The molecule has 1 saturated heterocycles. The van der Waals surface area contributed by atoms with Crippen molar-refractivity contribution in [2.45, 2.75) is 18.5 Å². The van der Waals surface area contributed by atoms with Gasteiger partial charge in [0.25, 0.3) is 11.8 Å². The van der Waals surface area contributed by atoms with Crippen molar-refractivity contribution >= 4 is 5.91 Å². The molecule has 3 aromatic rings. The highest BCUT2D eigenvalue weighted by molar-refractivity contribution is 5.93. The lowest BCUT2D eigenvalue weighted by Gasteiger charge is -2.33. The third-order valence-electron chi connectivity index (χ3n) is 4.34. The molecule has 1 aliphatic rings. The Hall–Kier alpha value is -3.10. The number of carbonyl (C=O) groups is 1. The van der Waals surface area contributed by atoms with Gasteiger partial charge in [-0.15, -0.1) is 0 Å². The number of nitrogens with zero attached hydrogens (tertiary/aromatic N) is 5. The van der Waals surface area contributed by atoms with Gasteiger partial charge in [0.2, 0.25) is 5.82 Å². The van der Waals surface area contributed by atoms with Crippen LogP contribution in [-0.4, -0.2) is 49.2 Å².